The number of hydroxylamine groups is 2. The monoisotopic (exact) mass is 451 g/mol. The summed E-state index contributed by atoms with van der Waals surface area (Å²) in [6, 6.07) is 3.43. The molecule has 10 heteroatoms. The minimum Gasteiger partial charge on any atom is -0.323 e. The third-order valence-electron chi connectivity index (χ3n) is 6.07. The largest absolute Gasteiger partial charge is 0.401 e. The van der Waals surface area contributed by atoms with E-state index in [1.165, 1.54) is 12.1 Å². The lowest BCUT2D eigenvalue weighted by Gasteiger charge is -2.18. The molecule has 1 aromatic rings. The molecule has 1 fully saturated rings. The molecule has 1 saturated heterocycles. The summed E-state index contributed by atoms with van der Waals surface area (Å²) in [5.41, 5.74) is 1.42. The van der Waals surface area contributed by atoms with Crippen LogP contribution in [0.1, 0.15) is 65.4 Å². The highest BCUT2D eigenvalue weighted by Gasteiger charge is 2.49. The maximum absolute atomic E-state index is 13.1. The fraction of sp³-hybridized carbons (Fsp3) is 0.524. The molecule has 1 N–H and O–H groups in total. The molecule has 0 spiro atoms. The van der Waals surface area contributed by atoms with Crippen LogP contribution in [0.15, 0.2) is 23.1 Å². The first-order chi connectivity index (χ1) is 14.4. The Morgan fingerprint density at radius 1 is 1.26 bits per heavy atom. The number of nitrogens with zero attached hydrogens (tertiary/aromatic N) is 2. The van der Waals surface area contributed by atoms with E-state index in [1.807, 2.05) is 27.7 Å². The van der Waals surface area contributed by atoms with E-state index in [9.17, 15) is 27.4 Å². The number of carbonyl (C=O) groups excluding carboxylic acids is 3. The summed E-state index contributed by atoms with van der Waals surface area (Å²) in [5, 5.41) is 0.542. The predicted molar refractivity (Wildman–Crippen MR) is 110 cm³/mol. The van der Waals surface area contributed by atoms with Gasteiger partial charge in [-0.15, -0.1) is 5.06 Å². The fourth-order valence-electron chi connectivity index (χ4n) is 4.02. The molecule has 0 aromatic heterocycles. The average Bonchev–Trinajstić information content (AvgIpc) is 3.10. The van der Waals surface area contributed by atoms with Crippen LogP contribution in [-0.2, 0) is 34.8 Å². The van der Waals surface area contributed by atoms with Gasteiger partial charge in [0.25, 0.3) is 28.0 Å². The first-order valence-corrected chi connectivity index (χ1v) is 11.7. The van der Waals surface area contributed by atoms with Crippen LogP contribution in [0.5, 0.6) is 0 Å². The minimum absolute atomic E-state index is 0.00881. The molecule has 0 bridgehead atoms. The highest BCUT2D eigenvalue weighted by molar-refractivity contribution is 7.85. The molecule has 1 aromatic carbocycles. The Hall–Kier alpha value is -2.59. The van der Waals surface area contributed by atoms with Crippen molar-refractivity contribution in [2.45, 2.75) is 76.2 Å². The van der Waals surface area contributed by atoms with Crippen LogP contribution in [0, 0.1) is 0 Å². The van der Waals surface area contributed by atoms with Crippen molar-refractivity contribution < 1.29 is 36.8 Å². The van der Waals surface area contributed by atoms with Crippen LogP contribution in [0.2, 0.25) is 0 Å². The first-order valence-electron chi connectivity index (χ1n) is 10.2. The zero-order valence-corrected chi connectivity index (χ0v) is 18.9. The molecular weight excluding hydrogens is 424 g/mol. The van der Waals surface area contributed by atoms with Gasteiger partial charge in [0.15, 0.2) is 5.71 Å². The van der Waals surface area contributed by atoms with Gasteiger partial charge in [0.2, 0.25) is 5.69 Å². The number of amides is 2. The van der Waals surface area contributed by atoms with Crippen LogP contribution in [-0.4, -0.2) is 52.1 Å². The number of imide groups is 1. The number of rotatable bonds is 7. The molecule has 9 nitrogen and oxygen atoms in total. The zero-order valence-electron chi connectivity index (χ0n) is 18.0. The molecule has 1 atom stereocenters. The molecule has 2 aliphatic rings. The van der Waals surface area contributed by atoms with Crippen LogP contribution in [0.25, 0.3) is 0 Å². The van der Waals surface area contributed by atoms with E-state index in [0.29, 0.717) is 29.2 Å². The molecule has 0 saturated carbocycles. The van der Waals surface area contributed by atoms with Gasteiger partial charge in [-0.3, -0.25) is 14.1 Å². The Bertz CT molecular complexity index is 1070. The fourth-order valence-corrected chi connectivity index (χ4v) is 4.53. The van der Waals surface area contributed by atoms with E-state index in [0.717, 1.165) is 12.1 Å². The van der Waals surface area contributed by atoms with Gasteiger partial charge in [-0.2, -0.15) is 13.0 Å². The first kappa shape index (κ1) is 23.1. The van der Waals surface area contributed by atoms with Crippen molar-refractivity contribution in [3.05, 3.63) is 23.8 Å². The van der Waals surface area contributed by atoms with Crippen molar-refractivity contribution in [2.75, 3.05) is 0 Å². The van der Waals surface area contributed by atoms with E-state index in [4.69, 9.17) is 4.84 Å². The molecule has 0 aliphatic carbocycles. The van der Waals surface area contributed by atoms with Crippen molar-refractivity contribution in [3.8, 4) is 0 Å². The van der Waals surface area contributed by atoms with Gasteiger partial charge in [0.1, 0.15) is 0 Å². The lowest BCUT2D eigenvalue weighted by molar-refractivity contribution is -0.474. The summed E-state index contributed by atoms with van der Waals surface area (Å²) in [5.74, 6) is -1.82. The summed E-state index contributed by atoms with van der Waals surface area (Å²) in [6.07, 6.45) is 1.95. The quantitative estimate of drug-likeness (QED) is 0.384. The van der Waals surface area contributed by atoms with Crippen LogP contribution >= 0.6 is 0 Å². The molecule has 0 radical (unpaired) electrons. The summed E-state index contributed by atoms with van der Waals surface area (Å²) < 4.78 is 34.5. The van der Waals surface area contributed by atoms with Gasteiger partial charge < -0.3 is 4.84 Å². The Balaban J connectivity index is 2.05. The highest BCUT2D eigenvalue weighted by atomic mass is 32.2. The topological polar surface area (TPSA) is 121 Å². The van der Waals surface area contributed by atoms with E-state index >= 15 is 0 Å². The van der Waals surface area contributed by atoms with E-state index < -0.39 is 39.4 Å². The molecule has 2 amide bonds. The summed E-state index contributed by atoms with van der Waals surface area (Å²) in [7, 11) is -4.39. The molecular formula is C21H27N2O7S+. The number of hydrogen-bond acceptors (Lipinski definition) is 6. The smallest absolute Gasteiger partial charge is 0.323 e. The van der Waals surface area contributed by atoms with Gasteiger partial charge in [-0.25, -0.2) is 4.79 Å². The Morgan fingerprint density at radius 2 is 1.87 bits per heavy atom. The number of benzene rings is 1. The van der Waals surface area contributed by atoms with Crippen molar-refractivity contribution in [3.63, 3.8) is 0 Å². The molecule has 31 heavy (non-hydrogen) atoms. The second kappa shape index (κ2) is 8.16. The number of hydrogen-bond donors (Lipinski definition) is 1. The molecule has 3 rings (SSSR count). The normalized spacial score (nSPS) is 19.1. The standard InChI is InChI=1S/C21H26N2O7S/c1-5-6-7-17(20(26)30-23-18(24)10-11-19(23)25)22-13(2)21(3,4)15-12-14(31(27,28)29)8-9-16(15)22/h8-9,12,17H,5-7,10-11H2,1-4H3/p+1. The molecule has 1 unspecified atom stereocenters. The van der Waals surface area contributed by atoms with E-state index in [1.54, 1.807) is 10.6 Å². The van der Waals surface area contributed by atoms with Crippen molar-refractivity contribution in [2.24, 2.45) is 0 Å². The van der Waals surface area contributed by atoms with Gasteiger partial charge in [-0.05, 0) is 32.4 Å². The van der Waals surface area contributed by atoms with Gasteiger partial charge >= 0.3 is 5.97 Å². The molecule has 168 valence electrons. The van der Waals surface area contributed by atoms with Crippen molar-refractivity contribution in [1.29, 1.82) is 0 Å². The summed E-state index contributed by atoms with van der Waals surface area (Å²) in [6.45, 7) is 7.60. The zero-order chi connectivity index (χ0) is 23.1. The summed E-state index contributed by atoms with van der Waals surface area (Å²) >= 11 is 0. The van der Waals surface area contributed by atoms with Gasteiger partial charge in [-0.1, -0.05) is 13.3 Å². The summed E-state index contributed by atoms with van der Waals surface area (Å²) in [4.78, 5) is 41.9. The molecule has 2 aliphatic heterocycles. The van der Waals surface area contributed by atoms with Crippen molar-refractivity contribution >= 4 is 39.3 Å². The SMILES string of the molecule is CCCCC(C(=O)ON1C(=O)CCC1=O)[N+]1=C(C)C(C)(C)c2cc(S(=O)(=O)O)ccc21. The second-order valence-electron chi connectivity index (χ2n) is 8.38. The number of fused-ring (bicyclic) bond motifs is 1. The maximum Gasteiger partial charge on any atom is 0.401 e. The maximum atomic E-state index is 13.1. The minimum atomic E-state index is -4.39. The van der Waals surface area contributed by atoms with Crippen LogP contribution in [0.4, 0.5) is 5.69 Å². The average molecular weight is 452 g/mol. The van der Waals surface area contributed by atoms with Crippen LogP contribution < -0.4 is 0 Å². The Labute approximate surface area is 181 Å². The van der Waals surface area contributed by atoms with E-state index in [2.05, 4.69) is 0 Å². The third-order valence-corrected chi connectivity index (χ3v) is 6.92. The second-order valence-corrected chi connectivity index (χ2v) is 9.81. The third kappa shape index (κ3) is 4.14. The lowest BCUT2D eigenvalue weighted by atomic mass is 9.82. The van der Waals surface area contributed by atoms with Gasteiger partial charge in [0, 0.05) is 37.8 Å². The highest BCUT2D eigenvalue weighted by Crippen LogP contribution is 2.42. The van der Waals surface area contributed by atoms with E-state index in [-0.39, 0.29) is 17.7 Å². The molecule has 2 heterocycles. The lowest BCUT2D eigenvalue weighted by Crippen LogP contribution is -2.42. The van der Waals surface area contributed by atoms with Crippen LogP contribution in [0.3, 0.4) is 0 Å². The number of unbranched alkanes of at least 4 members (excludes halogenated alkanes) is 1. The number of carbonyl (C=O) groups is 3. The predicted octanol–water partition coefficient (Wildman–Crippen LogP) is 2.50. The Kier molecular flexibility index (Phi) is 6.07. The Morgan fingerprint density at radius 3 is 2.42 bits per heavy atom. The van der Waals surface area contributed by atoms with Crippen molar-refractivity contribution in [1.82, 2.24) is 5.06 Å². The van der Waals surface area contributed by atoms with Gasteiger partial charge in [0.05, 0.1) is 10.3 Å².